The van der Waals surface area contributed by atoms with E-state index in [1.807, 2.05) is 39.0 Å². The van der Waals surface area contributed by atoms with Crippen LogP contribution in [-0.2, 0) is 11.2 Å². The van der Waals surface area contributed by atoms with E-state index in [2.05, 4.69) is 15.6 Å². The van der Waals surface area contributed by atoms with E-state index in [4.69, 9.17) is 4.74 Å². The molecule has 25 heavy (non-hydrogen) atoms. The number of hydrogen-bond acceptors (Lipinski definition) is 4. The Hall–Kier alpha value is -2.89. The average Bonchev–Trinajstić information content (AvgIpc) is 2.94. The van der Waals surface area contributed by atoms with Gasteiger partial charge in [0, 0.05) is 11.4 Å². The van der Waals surface area contributed by atoms with Crippen molar-refractivity contribution in [3.63, 3.8) is 0 Å². The van der Waals surface area contributed by atoms with Gasteiger partial charge in [-0.15, -0.1) is 0 Å². The standard InChI is InChI=1S/C19H21N3O3/c1-4-25-19-15(7-5-11(2)20-19)18(24)21-12(3)13-6-8-16-14(9-13)10-17(23)22-16/h5-9,12H,4,10H2,1-3H3,(H,21,24)(H,22,23)/t12-/m0/s1. The number of amides is 2. The van der Waals surface area contributed by atoms with Crippen LogP contribution in [0.1, 0.15) is 47.1 Å². The van der Waals surface area contributed by atoms with Crippen LogP contribution in [0, 0.1) is 6.92 Å². The number of aromatic nitrogens is 1. The number of fused-ring (bicyclic) bond motifs is 1. The summed E-state index contributed by atoms with van der Waals surface area (Å²) in [6.45, 7) is 6.06. The van der Waals surface area contributed by atoms with Gasteiger partial charge < -0.3 is 15.4 Å². The number of carbonyl (C=O) groups excluding carboxylic acids is 2. The molecule has 1 aromatic heterocycles. The van der Waals surface area contributed by atoms with Crippen molar-refractivity contribution in [1.82, 2.24) is 10.3 Å². The lowest BCUT2D eigenvalue weighted by atomic mass is 10.0. The summed E-state index contributed by atoms with van der Waals surface area (Å²) in [7, 11) is 0. The van der Waals surface area contributed by atoms with Crippen molar-refractivity contribution in [2.45, 2.75) is 33.2 Å². The molecule has 2 heterocycles. The average molecular weight is 339 g/mol. The van der Waals surface area contributed by atoms with Gasteiger partial charge in [0.2, 0.25) is 11.8 Å². The summed E-state index contributed by atoms with van der Waals surface area (Å²) in [5.74, 6) is 0.102. The molecule has 0 aliphatic carbocycles. The molecule has 0 unspecified atom stereocenters. The second-order valence-electron chi connectivity index (χ2n) is 6.08. The Balaban J connectivity index is 1.77. The van der Waals surface area contributed by atoms with Crippen LogP contribution in [0.15, 0.2) is 30.3 Å². The third kappa shape index (κ3) is 3.63. The number of nitrogens with one attached hydrogen (secondary N) is 2. The molecule has 0 bridgehead atoms. The van der Waals surface area contributed by atoms with Gasteiger partial charge in [0.15, 0.2) is 0 Å². The Morgan fingerprint density at radius 2 is 2.16 bits per heavy atom. The second-order valence-corrected chi connectivity index (χ2v) is 6.08. The van der Waals surface area contributed by atoms with E-state index in [1.165, 1.54) is 0 Å². The highest BCUT2D eigenvalue weighted by molar-refractivity contribution is 5.99. The van der Waals surface area contributed by atoms with Crippen molar-refractivity contribution in [2.75, 3.05) is 11.9 Å². The van der Waals surface area contributed by atoms with Crippen LogP contribution in [0.3, 0.4) is 0 Å². The van der Waals surface area contributed by atoms with Gasteiger partial charge in [-0.2, -0.15) is 0 Å². The number of pyridine rings is 1. The van der Waals surface area contributed by atoms with Crippen molar-refractivity contribution in [2.24, 2.45) is 0 Å². The van der Waals surface area contributed by atoms with Crippen molar-refractivity contribution in [1.29, 1.82) is 0 Å². The number of nitrogens with zero attached hydrogens (tertiary/aromatic N) is 1. The first-order valence-corrected chi connectivity index (χ1v) is 8.32. The Morgan fingerprint density at radius 1 is 1.36 bits per heavy atom. The van der Waals surface area contributed by atoms with Crippen LogP contribution in [-0.4, -0.2) is 23.4 Å². The molecule has 130 valence electrons. The topological polar surface area (TPSA) is 80.3 Å². The smallest absolute Gasteiger partial charge is 0.257 e. The summed E-state index contributed by atoms with van der Waals surface area (Å²) in [6.07, 6.45) is 0.375. The molecule has 0 fully saturated rings. The highest BCUT2D eigenvalue weighted by Crippen LogP contribution is 2.27. The number of hydrogen-bond donors (Lipinski definition) is 2. The van der Waals surface area contributed by atoms with Gasteiger partial charge >= 0.3 is 0 Å². The van der Waals surface area contributed by atoms with E-state index in [0.29, 0.717) is 24.5 Å². The van der Waals surface area contributed by atoms with Crippen LogP contribution >= 0.6 is 0 Å². The van der Waals surface area contributed by atoms with E-state index in [0.717, 1.165) is 22.5 Å². The van der Waals surface area contributed by atoms with E-state index in [9.17, 15) is 9.59 Å². The molecule has 1 aliphatic heterocycles. The molecule has 0 saturated heterocycles. The fourth-order valence-electron chi connectivity index (χ4n) is 2.83. The Morgan fingerprint density at radius 3 is 2.92 bits per heavy atom. The number of anilines is 1. The maximum absolute atomic E-state index is 12.6. The molecule has 1 atom stereocenters. The Bertz CT molecular complexity index is 833. The molecule has 2 amide bonds. The normalized spacial score (nSPS) is 13.8. The first-order chi connectivity index (χ1) is 12.0. The minimum absolute atomic E-state index is 0.00377. The SMILES string of the molecule is CCOc1nc(C)ccc1C(=O)N[C@@H](C)c1ccc2c(c1)CC(=O)N2. The Labute approximate surface area is 146 Å². The number of aryl methyl sites for hydroxylation is 1. The van der Waals surface area contributed by atoms with Crippen LogP contribution in [0.25, 0.3) is 0 Å². The van der Waals surface area contributed by atoms with Gasteiger partial charge in [-0.05, 0) is 50.1 Å². The summed E-state index contributed by atoms with van der Waals surface area (Å²) in [4.78, 5) is 28.4. The van der Waals surface area contributed by atoms with Gasteiger partial charge in [0.05, 0.1) is 19.1 Å². The van der Waals surface area contributed by atoms with Crippen LogP contribution in [0.2, 0.25) is 0 Å². The van der Waals surface area contributed by atoms with E-state index < -0.39 is 0 Å². The third-order valence-electron chi connectivity index (χ3n) is 4.13. The predicted molar refractivity (Wildman–Crippen MR) is 94.8 cm³/mol. The molecule has 2 aromatic rings. The highest BCUT2D eigenvalue weighted by atomic mass is 16.5. The van der Waals surface area contributed by atoms with Crippen LogP contribution in [0.4, 0.5) is 5.69 Å². The van der Waals surface area contributed by atoms with E-state index >= 15 is 0 Å². The van der Waals surface area contributed by atoms with Gasteiger partial charge in [-0.3, -0.25) is 9.59 Å². The Kier molecular flexibility index (Phi) is 4.70. The monoisotopic (exact) mass is 339 g/mol. The molecule has 3 rings (SSSR count). The number of rotatable bonds is 5. The van der Waals surface area contributed by atoms with Gasteiger partial charge in [-0.1, -0.05) is 12.1 Å². The zero-order valence-electron chi connectivity index (χ0n) is 14.6. The fourth-order valence-corrected chi connectivity index (χ4v) is 2.83. The summed E-state index contributed by atoms with van der Waals surface area (Å²) < 4.78 is 5.48. The van der Waals surface area contributed by atoms with Gasteiger partial charge in [0.25, 0.3) is 5.91 Å². The lowest BCUT2D eigenvalue weighted by molar-refractivity contribution is -0.115. The third-order valence-corrected chi connectivity index (χ3v) is 4.13. The largest absolute Gasteiger partial charge is 0.477 e. The van der Waals surface area contributed by atoms with Gasteiger partial charge in [0.1, 0.15) is 5.56 Å². The molecular formula is C19H21N3O3. The van der Waals surface area contributed by atoms with Gasteiger partial charge in [-0.25, -0.2) is 4.98 Å². The molecule has 1 aliphatic rings. The molecule has 6 nitrogen and oxygen atoms in total. The van der Waals surface area contributed by atoms with E-state index in [-0.39, 0.29) is 17.9 Å². The zero-order chi connectivity index (χ0) is 18.0. The molecule has 1 aromatic carbocycles. The molecule has 2 N–H and O–H groups in total. The van der Waals surface area contributed by atoms with Crippen molar-refractivity contribution in [3.8, 4) is 5.88 Å². The van der Waals surface area contributed by atoms with Crippen molar-refractivity contribution < 1.29 is 14.3 Å². The van der Waals surface area contributed by atoms with Crippen molar-refractivity contribution in [3.05, 3.63) is 52.7 Å². The van der Waals surface area contributed by atoms with E-state index in [1.54, 1.807) is 12.1 Å². The molecule has 0 saturated carbocycles. The van der Waals surface area contributed by atoms with Crippen LogP contribution < -0.4 is 15.4 Å². The summed E-state index contributed by atoms with van der Waals surface area (Å²) in [6, 6.07) is 9.04. The number of ether oxygens (including phenoxy) is 1. The zero-order valence-corrected chi connectivity index (χ0v) is 14.6. The van der Waals surface area contributed by atoms with Crippen LogP contribution in [0.5, 0.6) is 5.88 Å². The lowest BCUT2D eigenvalue weighted by Crippen LogP contribution is -2.27. The summed E-state index contributed by atoms with van der Waals surface area (Å²) >= 11 is 0. The first kappa shape index (κ1) is 17.0. The molecule has 0 radical (unpaired) electrons. The minimum Gasteiger partial charge on any atom is -0.477 e. The minimum atomic E-state index is -0.238. The summed E-state index contributed by atoms with van der Waals surface area (Å²) in [5.41, 5.74) is 3.95. The number of benzene rings is 1. The predicted octanol–water partition coefficient (Wildman–Crippen LogP) is 2.77. The number of carbonyl (C=O) groups is 2. The molecule has 6 heteroatoms. The quantitative estimate of drug-likeness (QED) is 0.878. The molecule has 0 spiro atoms. The maximum Gasteiger partial charge on any atom is 0.257 e. The maximum atomic E-state index is 12.6. The highest BCUT2D eigenvalue weighted by Gasteiger charge is 2.21. The van der Waals surface area contributed by atoms with Crippen molar-refractivity contribution >= 4 is 17.5 Å². The summed E-state index contributed by atoms with van der Waals surface area (Å²) in [5, 5.41) is 5.77. The first-order valence-electron chi connectivity index (χ1n) is 8.32. The molecular weight excluding hydrogens is 318 g/mol. The lowest BCUT2D eigenvalue weighted by Gasteiger charge is -2.16. The fraction of sp³-hybridized carbons (Fsp3) is 0.316. The second kappa shape index (κ2) is 6.93.